The Hall–Kier alpha value is -1.93. The third kappa shape index (κ3) is 5.04. The Labute approximate surface area is 157 Å². The van der Waals surface area contributed by atoms with Crippen molar-refractivity contribution in [3.05, 3.63) is 59.2 Å². The van der Waals surface area contributed by atoms with Crippen LogP contribution >= 0.6 is 9.24 Å². The summed E-state index contributed by atoms with van der Waals surface area (Å²) in [6, 6.07) is 7.64. The van der Waals surface area contributed by atoms with Crippen LogP contribution in [0.3, 0.4) is 0 Å². The molecule has 2 atom stereocenters. The molecule has 1 aliphatic carbocycles. The predicted molar refractivity (Wildman–Crippen MR) is 110 cm³/mol. The molecule has 3 nitrogen and oxygen atoms in total. The van der Waals surface area contributed by atoms with Crippen molar-refractivity contribution in [2.45, 2.75) is 45.6 Å². The number of carboxylic acid groups (broad SMARTS) is 1. The zero-order chi connectivity index (χ0) is 19.3. The fourth-order valence-electron chi connectivity index (χ4n) is 3.28. The maximum Gasteiger partial charge on any atom is 0.323 e. The number of allylic oxidation sites excluding steroid dienone is 5. The molecule has 0 saturated carbocycles. The molecule has 5 heteroatoms. The van der Waals surface area contributed by atoms with E-state index >= 15 is 0 Å². The van der Waals surface area contributed by atoms with Crippen LogP contribution in [0.15, 0.2) is 53.6 Å². The highest BCUT2D eigenvalue weighted by atomic mass is 31.0. The van der Waals surface area contributed by atoms with Gasteiger partial charge in [-0.3, -0.25) is 4.79 Å². The summed E-state index contributed by atoms with van der Waals surface area (Å²) in [4.78, 5) is 13.3. The number of hydrogen-bond donors (Lipinski definition) is 1. The number of hydrogen-bond acceptors (Lipinski definition) is 2. The van der Waals surface area contributed by atoms with Crippen LogP contribution in [-0.2, 0) is 4.79 Å². The lowest BCUT2D eigenvalue weighted by atomic mass is 9.97. The Kier molecular flexibility index (Phi) is 7.16. The zero-order valence-corrected chi connectivity index (χ0v) is 16.6. The Balaban J connectivity index is 2.23. The van der Waals surface area contributed by atoms with Gasteiger partial charge in [-0.1, -0.05) is 30.9 Å². The van der Waals surface area contributed by atoms with Crippen LogP contribution in [0, 0.1) is 0 Å². The lowest BCUT2D eigenvalue weighted by molar-refractivity contribution is -0.135. The van der Waals surface area contributed by atoms with E-state index in [9.17, 15) is 14.3 Å². The molecule has 0 amide bonds. The second kappa shape index (κ2) is 9.14. The van der Waals surface area contributed by atoms with E-state index in [2.05, 4.69) is 15.8 Å². The molecule has 0 spiro atoms. The van der Waals surface area contributed by atoms with Crippen LogP contribution in [0.25, 0.3) is 5.57 Å². The molecule has 2 unspecified atom stereocenters. The number of benzene rings is 1. The van der Waals surface area contributed by atoms with Crippen molar-refractivity contribution < 1.29 is 14.3 Å². The van der Waals surface area contributed by atoms with Gasteiger partial charge in [0, 0.05) is 23.7 Å². The van der Waals surface area contributed by atoms with Crippen molar-refractivity contribution >= 4 is 26.5 Å². The van der Waals surface area contributed by atoms with Gasteiger partial charge in [-0.15, -0.1) is 9.24 Å². The van der Waals surface area contributed by atoms with E-state index in [1.165, 1.54) is 0 Å². The Morgan fingerprint density at radius 3 is 2.73 bits per heavy atom. The van der Waals surface area contributed by atoms with Crippen molar-refractivity contribution in [1.82, 2.24) is 0 Å². The summed E-state index contributed by atoms with van der Waals surface area (Å²) in [6.45, 7) is 7.81. The number of halogens is 1. The number of aliphatic carboxylic acids is 1. The van der Waals surface area contributed by atoms with Gasteiger partial charge in [0.05, 0.1) is 0 Å². The maximum atomic E-state index is 14.2. The Morgan fingerprint density at radius 2 is 2.12 bits per heavy atom. The molecule has 140 valence electrons. The number of para-hydroxylation sites is 1. The van der Waals surface area contributed by atoms with Crippen molar-refractivity contribution in [1.29, 1.82) is 0 Å². The molecule has 26 heavy (non-hydrogen) atoms. The molecule has 0 radical (unpaired) electrons. The summed E-state index contributed by atoms with van der Waals surface area (Å²) in [5.41, 5.74) is 3.43. The monoisotopic (exact) mass is 375 g/mol. The Bertz CT molecular complexity index is 754. The largest absolute Gasteiger partial charge is 0.480 e. The summed E-state index contributed by atoms with van der Waals surface area (Å²) in [6.07, 6.45) is 4.50. The van der Waals surface area contributed by atoms with Crippen molar-refractivity contribution in [2.24, 2.45) is 0 Å². The average Bonchev–Trinajstić information content (AvgIpc) is 2.59. The first-order chi connectivity index (χ1) is 12.3. The van der Waals surface area contributed by atoms with Crippen LogP contribution in [-0.4, -0.2) is 23.7 Å². The molecule has 1 N–H and O–H groups in total. The maximum absolute atomic E-state index is 14.2. The number of carbonyl (C=O) groups is 1. The molecular formula is C21H27FNO2P. The SMILES string of the molecule is C=C(C)c1ccccc1N(CC(=O)O)C(C)CCC1=C(F)CCC=C1P. The van der Waals surface area contributed by atoms with Crippen LogP contribution in [0.5, 0.6) is 0 Å². The number of carboxylic acids is 1. The summed E-state index contributed by atoms with van der Waals surface area (Å²) < 4.78 is 14.2. The minimum absolute atomic E-state index is 0.0446. The fourth-order valence-corrected chi connectivity index (χ4v) is 3.75. The lowest BCUT2D eigenvalue weighted by Gasteiger charge is -2.32. The van der Waals surface area contributed by atoms with Crippen LogP contribution in [0.1, 0.15) is 45.1 Å². The van der Waals surface area contributed by atoms with Gasteiger partial charge in [0.1, 0.15) is 12.4 Å². The molecule has 0 aliphatic heterocycles. The summed E-state index contributed by atoms with van der Waals surface area (Å²) in [7, 11) is 2.61. The van der Waals surface area contributed by atoms with E-state index < -0.39 is 5.97 Å². The smallest absolute Gasteiger partial charge is 0.323 e. The standard InChI is InChI=1S/C21H27FNO2P/c1-14(2)16-7-4-5-9-19(16)23(13-21(24)25)15(3)11-12-17-18(22)8-6-10-20(17)26/h4-5,7,9-10,15H,1,6,8,11-13,26H2,2-3H3,(H,24,25). The molecule has 0 fully saturated rings. The highest BCUT2D eigenvalue weighted by molar-refractivity contribution is 7.23. The molecule has 1 aliphatic rings. The minimum Gasteiger partial charge on any atom is -0.480 e. The van der Waals surface area contributed by atoms with Gasteiger partial charge in [0.25, 0.3) is 0 Å². The van der Waals surface area contributed by atoms with E-state index in [0.717, 1.165) is 34.1 Å². The van der Waals surface area contributed by atoms with Gasteiger partial charge in [-0.25, -0.2) is 4.39 Å². The van der Waals surface area contributed by atoms with Crippen LogP contribution in [0.2, 0.25) is 0 Å². The summed E-state index contributed by atoms with van der Waals surface area (Å²) >= 11 is 0. The minimum atomic E-state index is -0.886. The first-order valence-corrected chi connectivity index (χ1v) is 9.45. The van der Waals surface area contributed by atoms with Gasteiger partial charge in [-0.2, -0.15) is 0 Å². The first-order valence-electron chi connectivity index (χ1n) is 8.88. The molecule has 0 heterocycles. The second-order valence-electron chi connectivity index (χ2n) is 6.79. The molecule has 0 saturated heterocycles. The van der Waals surface area contributed by atoms with Gasteiger partial charge >= 0.3 is 5.97 Å². The van der Waals surface area contributed by atoms with Crippen molar-refractivity contribution in [3.8, 4) is 0 Å². The average molecular weight is 375 g/mol. The van der Waals surface area contributed by atoms with Crippen LogP contribution in [0.4, 0.5) is 10.1 Å². The quantitative estimate of drug-likeness (QED) is 0.605. The lowest BCUT2D eigenvalue weighted by Crippen LogP contribution is -2.38. The van der Waals surface area contributed by atoms with Gasteiger partial charge in [0.15, 0.2) is 0 Å². The molecule has 1 aromatic rings. The third-order valence-corrected chi connectivity index (χ3v) is 5.31. The zero-order valence-electron chi connectivity index (χ0n) is 15.5. The fraction of sp³-hybridized carbons (Fsp3) is 0.381. The van der Waals surface area contributed by atoms with E-state index in [0.29, 0.717) is 19.3 Å². The molecule has 2 rings (SSSR count). The van der Waals surface area contributed by atoms with Gasteiger partial charge < -0.3 is 10.0 Å². The molecule has 1 aromatic carbocycles. The highest BCUT2D eigenvalue weighted by Gasteiger charge is 2.22. The molecule has 0 aromatic heterocycles. The van der Waals surface area contributed by atoms with Gasteiger partial charge in [0.2, 0.25) is 0 Å². The second-order valence-corrected chi connectivity index (χ2v) is 7.41. The van der Waals surface area contributed by atoms with Crippen molar-refractivity contribution in [2.75, 3.05) is 11.4 Å². The number of rotatable bonds is 8. The normalized spacial score (nSPS) is 15.5. The van der Waals surface area contributed by atoms with Crippen LogP contribution < -0.4 is 4.90 Å². The number of nitrogens with zero attached hydrogens (tertiary/aromatic N) is 1. The van der Waals surface area contributed by atoms with E-state index in [-0.39, 0.29) is 18.4 Å². The van der Waals surface area contributed by atoms with E-state index in [1.54, 1.807) is 0 Å². The number of anilines is 1. The first kappa shape index (κ1) is 20.4. The molecular weight excluding hydrogens is 348 g/mol. The van der Waals surface area contributed by atoms with Crippen molar-refractivity contribution in [3.63, 3.8) is 0 Å². The predicted octanol–water partition coefficient (Wildman–Crippen LogP) is 5.56. The van der Waals surface area contributed by atoms with E-state index in [1.807, 2.05) is 49.1 Å². The van der Waals surface area contributed by atoms with E-state index in [4.69, 9.17) is 0 Å². The molecule has 0 bridgehead atoms. The van der Waals surface area contributed by atoms with Gasteiger partial charge in [-0.05, 0) is 55.6 Å². The summed E-state index contributed by atoms with van der Waals surface area (Å²) in [5, 5.41) is 10.3. The summed E-state index contributed by atoms with van der Waals surface area (Å²) in [5.74, 6) is -0.931. The highest BCUT2D eigenvalue weighted by Crippen LogP contribution is 2.35. The topological polar surface area (TPSA) is 40.5 Å². The third-order valence-electron chi connectivity index (χ3n) is 4.73. The Morgan fingerprint density at radius 1 is 1.42 bits per heavy atom.